The monoisotopic (exact) mass is 298 g/mol. The van der Waals surface area contributed by atoms with Gasteiger partial charge >= 0.3 is 5.97 Å². The predicted octanol–water partition coefficient (Wildman–Crippen LogP) is 1.91. The Labute approximate surface area is 128 Å². The molecule has 1 fully saturated rings. The molecule has 0 aromatic heterocycles. The van der Waals surface area contributed by atoms with Crippen molar-refractivity contribution in [3.63, 3.8) is 0 Å². The summed E-state index contributed by atoms with van der Waals surface area (Å²) in [7, 11) is 0. The molecule has 0 radical (unpaired) electrons. The molecule has 1 aliphatic rings. The summed E-state index contributed by atoms with van der Waals surface area (Å²) in [5, 5.41) is 0. The first-order chi connectivity index (χ1) is 10.1. The Morgan fingerprint density at radius 1 is 1.14 bits per heavy atom. The molecule has 1 heterocycles. The van der Waals surface area contributed by atoms with Gasteiger partial charge in [0.2, 0.25) is 5.91 Å². The third-order valence-corrected chi connectivity index (χ3v) is 4.19. The van der Waals surface area contributed by atoms with E-state index in [1.54, 1.807) is 0 Å². The summed E-state index contributed by atoms with van der Waals surface area (Å²) in [4.78, 5) is 27.8. The maximum absolute atomic E-state index is 11.9. The second-order valence-electron chi connectivity index (χ2n) is 5.54. The van der Waals surface area contributed by atoms with E-state index in [0.29, 0.717) is 13.0 Å². The third-order valence-electron chi connectivity index (χ3n) is 4.19. The molecule has 21 heavy (non-hydrogen) atoms. The topological polar surface area (TPSA) is 49.9 Å². The van der Waals surface area contributed by atoms with E-state index >= 15 is 0 Å². The summed E-state index contributed by atoms with van der Waals surface area (Å²) in [6.07, 6.45) is 3.28. The Hall–Kier alpha value is -1.10. The van der Waals surface area contributed by atoms with Gasteiger partial charge in [0, 0.05) is 19.5 Å². The zero-order valence-corrected chi connectivity index (χ0v) is 13.8. The zero-order valence-electron chi connectivity index (χ0n) is 13.8. The van der Waals surface area contributed by atoms with Gasteiger partial charge in [-0.15, -0.1) is 0 Å². The summed E-state index contributed by atoms with van der Waals surface area (Å²) >= 11 is 0. The molecular weight excluding hydrogens is 268 g/mol. The van der Waals surface area contributed by atoms with Crippen LogP contribution in [0.2, 0.25) is 0 Å². The first kappa shape index (κ1) is 18.0. The molecule has 1 amide bonds. The highest BCUT2D eigenvalue weighted by atomic mass is 16.5. The minimum Gasteiger partial charge on any atom is -0.466 e. The van der Waals surface area contributed by atoms with E-state index in [4.69, 9.17) is 4.74 Å². The Bertz CT molecular complexity index is 321. The maximum Gasteiger partial charge on any atom is 0.309 e. The molecule has 1 saturated heterocycles. The molecule has 0 saturated carbocycles. The zero-order chi connectivity index (χ0) is 15.7. The molecule has 0 aromatic rings. The molecule has 0 unspecified atom stereocenters. The van der Waals surface area contributed by atoms with Gasteiger partial charge in [-0.1, -0.05) is 0 Å². The summed E-state index contributed by atoms with van der Waals surface area (Å²) in [6, 6.07) is 0. The SMILES string of the molecule is CCOC(=O)C1CCN(CCCC(=O)N(CC)CC)CC1. The van der Waals surface area contributed by atoms with Crippen LogP contribution >= 0.6 is 0 Å². The first-order valence-corrected chi connectivity index (χ1v) is 8.29. The number of carbonyl (C=O) groups excluding carboxylic acids is 2. The molecule has 0 atom stereocenters. The highest BCUT2D eigenvalue weighted by Gasteiger charge is 2.25. The lowest BCUT2D eigenvalue weighted by Gasteiger charge is -2.30. The number of esters is 1. The van der Waals surface area contributed by atoms with E-state index in [0.717, 1.165) is 52.0 Å². The van der Waals surface area contributed by atoms with Gasteiger partial charge in [0.25, 0.3) is 0 Å². The van der Waals surface area contributed by atoms with Crippen molar-refractivity contribution in [3.8, 4) is 0 Å². The number of likely N-dealkylation sites (tertiary alicyclic amines) is 1. The number of hydrogen-bond donors (Lipinski definition) is 0. The van der Waals surface area contributed by atoms with Gasteiger partial charge in [-0.25, -0.2) is 0 Å². The van der Waals surface area contributed by atoms with Crippen LogP contribution in [0.4, 0.5) is 0 Å². The van der Waals surface area contributed by atoms with Crippen molar-refractivity contribution in [2.75, 3.05) is 39.3 Å². The van der Waals surface area contributed by atoms with E-state index in [1.807, 2.05) is 25.7 Å². The van der Waals surface area contributed by atoms with Crippen LogP contribution < -0.4 is 0 Å². The lowest BCUT2D eigenvalue weighted by atomic mass is 9.97. The number of hydrogen-bond acceptors (Lipinski definition) is 4. The van der Waals surface area contributed by atoms with Crippen molar-refractivity contribution in [1.29, 1.82) is 0 Å². The minimum absolute atomic E-state index is 0.0474. The standard InChI is InChI=1S/C16H30N2O3/c1-4-18(5-2)15(19)8-7-11-17-12-9-14(10-13-17)16(20)21-6-3/h14H,4-13H2,1-3H3. The molecule has 1 aliphatic heterocycles. The van der Waals surface area contributed by atoms with Gasteiger partial charge in [-0.3, -0.25) is 9.59 Å². The quantitative estimate of drug-likeness (QED) is 0.642. The van der Waals surface area contributed by atoms with E-state index < -0.39 is 0 Å². The van der Waals surface area contributed by atoms with Crippen molar-refractivity contribution in [3.05, 3.63) is 0 Å². The minimum atomic E-state index is -0.0474. The Balaban J connectivity index is 2.18. The number of ether oxygens (including phenoxy) is 1. The third kappa shape index (κ3) is 6.04. The fraction of sp³-hybridized carbons (Fsp3) is 0.875. The lowest BCUT2D eigenvalue weighted by molar-refractivity contribution is -0.149. The highest BCUT2D eigenvalue weighted by molar-refractivity contribution is 5.76. The van der Waals surface area contributed by atoms with Gasteiger partial charge in [-0.2, -0.15) is 0 Å². The molecule has 122 valence electrons. The molecule has 5 heteroatoms. The Kier molecular flexibility index (Phi) is 8.35. The summed E-state index contributed by atoms with van der Waals surface area (Å²) in [6.45, 7) is 10.7. The molecule has 0 aromatic carbocycles. The van der Waals surface area contributed by atoms with Crippen molar-refractivity contribution >= 4 is 11.9 Å². The molecule has 0 spiro atoms. The van der Waals surface area contributed by atoms with Crippen LogP contribution in [0.3, 0.4) is 0 Å². The first-order valence-electron chi connectivity index (χ1n) is 8.29. The Morgan fingerprint density at radius 2 is 1.76 bits per heavy atom. The molecule has 0 aliphatic carbocycles. The van der Waals surface area contributed by atoms with E-state index in [9.17, 15) is 9.59 Å². The van der Waals surface area contributed by atoms with Crippen LogP contribution in [-0.4, -0.2) is 61.0 Å². The van der Waals surface area contributed by atoms with Crippen LogP contribution in [0, 0.1) is 5.92 Å². The number of nitrogens with zero attached hydrogens (tertiary/aromatic N) is 2. The summed E-state index contributed by atoms with van der Waals surface area (Å²) in [5.41, 5.74) is 0. The van der Waals surface area contributed by atoms with Crippen LogP contribution in [0.5, 0.6) is 0 Å². The highest BCUT2D eigenvalue weighted by Crippen LogP contribution is 2.19. The van der Waals surface area contributed by atoms with Gasteiger partial charge in [0.05, 0.1) is 12.5 Å². The second-order valence-corrected chi connectivity index (χ2v) is 5.54. The normalized spacial score (nSPS) is 16.7. The van der Waals surface area contributed by atoms with Crippen LogP contribution in [0.25, 0.3) is 0 Å². The van der Waals surface area contributed by atoms with Gasteiger partial charge in [-0.05, 0) is 59.7 Å². The molecule has 0 bridgehead atoms. The number of amides is 1. The van der Waals surface area contributed by atoms with Crippen molar-refractivity contribution < 1.29 is 14.3 Å². The smallest absolute Gasteiger partial charge is 0.309 e. The average molecular weight is 298 g/mol. The number of carbonyl (C=O) groups is 2. The summed E-state index contributed by atoms with van der Waals surface area (Å²) in [5.74, 6) is 0.272. The van der Waals surface area contributed by atoms with Gasteiger partial charge in [0.1, 0.15) is 0 Å². The molecule has 1 rings (SSSR count). The van der Waals surface area contributed by atoms with Gasteiger partial charge < -0.3 is 14.5 Å². The van der Waals surface area contributed by atoms with Crippen molar-refractivity contribution in [1.82, 2.24) is 9.80 Å². The molecule has 0 N–H and O–H groups in total. The molecule has 5 nitrogen and oxygen atoms in total. The lowest BCUT2D eigenvalue weighted by Crippen LogP contribution is -2.38. The molecular formula is C16H30N2O3. The fourth-order valence-electron chi connectivity index (χ4n) is 2.84. The van der Waals surface area contributed by atoms with Gasteiger partial charge in [0.15, 0.2) is 0 Å². The fourth-order valence-corrected chi connectivity index (χ4v) is 2.84. The number of piperidine rings is 1. The van der Waals surface area contributed by atoms with Crippen LogP contribution in [0.15, 0.2) is 0 Å². The average Bonchev–Trinajstić information content (AvgIpc) is 2.49. The Morgan fingerprint density at radius 3 is 2.29 bits per heavy atom. The summed E-state index contributed by atoms with van der Waals surface area (Å²) < 4.78 is 5.07. The number of rotatable bonds is 8. The van der Waals surface area contributed by atoms with E-state index in [1.165, 1.54) is 0 Å². The van der Waals surface area contributed by atoms with Crippen molar-refractivity contribution in [2.45, 2.75) is 46.5 Å². The predicted molar refractivity (Wildman–Crippen MR) is 83.0 cm³/mol. The largest absolute Gasteiger partial charge is 0.466 e. The van der Waals surface area contributed by atoms with Crippen LogP contribution in [-0.2, 0) is 14.3 Å². The van der Waals surface area contributed by atoms with Crippen molar-refractivity contribution in [2.24, 2.45) is 5.92 Å². The maximum atomic E-state index is 11.9. The second kappa shape index (κ2) is 9.77. The van der Waals surface area contributed by atoms with E-state index in [2.05, 4.69) is 4.90 Å². The van der Waals surface area contributed by atoms with E-state index in [-0.39, 0.29) is 17.8 Å². The van der Waals surface area contributed by atoms with Crippen LogP contribution in [0.1, 0.15) is 46.5 Å².